The zero-order chi connectivity index (χ0) is 19.8. The molecule has 8 heteroatoms. The lowest BCUT2D eigenvalue weighted by molar-refractivity contribution is -0.386. The second kappa shape index (κ2) is 10.0. The van der Waals surface area contributed by atoms with E-state index in [1.165, 1.54) is 6.07 Å². The maximum atomic E-state index is 11.6. The fourth-order valence-corrected chi connectivity index (χ4v) is 3.52. The van der Waals surface area contributed by atoms with Crippen LogP contribution in [0.5, 0.6) is 5.75 Å². The molecular weight excluding hydrogens is 350 g/mol. The number of hydrogen-bond acceptors (Lipinski definition) is 6. The second-order valence-electron chi connectivity index (χ2n) is 6.93. The van der Waals surface area contributed by atoms with Crippen molar-refractivity contribution in [2.75, 3.05) is 19.7 Å². The van der Waals surface area contributed by atoms with E-state index in [0.29, 0.717) is 19.3 Å². The van der Waals surface area contributed by atoms with Gasteiger partial charge in [-0.3, -0.25) is 24.6 Å². The Kier molecular flexibility index (Phi) is 7.72. The van der Waals surface area contributed by atoms with Gasteiger partial charge in [0.15, 0.2) is 12.0 Å². The molecule has 0 radical (unpaired) electrons. The molecule has 1 aliphatic rings. The van der Waals surface area contributed by atoms with Gasteiger partial charge in [0, 0.05) is 0 Å². The number of rotatable bonds is 11. The highest BCUT2D eigenvalue weighted by Crippen LogP contribution is 2.31. The van der Waals surface area contributed by atoms with E-state index in [1.54, 1.807) is 13.0 Å². The molecule has 1 fully saturated rings. The van der Waals surface area contributed by atoms with E-state index in [-0.39, 0.29) is 28.9 Å². The summed E-state index contributed by atoms with van der Waals surface area (Å²) in [5, 5.41) is 11.2. The molecule has 2 rings (SSSR count). The van der Waals surface area contributed by atoms with E-state index >= 15 is 0 Å². The lowest BCUT2D eigenvalue weighted by Gasteiger charge is -2.24. The molecule has 0 aliphatic carbocycles. The average Bonchev–Trinajstić information content (AvgIpc) is 3.13. The van der Waals surface area contributed by atoms with Crippen LogP contribution in [0, 0.1) is 17.0 Å². The zero-order valence-electron chi connectivity index (χ0n) is 15.7. The van der Waals surface area contributed by atoms with Gasteiger partial charge in [0.05, 0.1) is 23.1 Å². The van der Waals surface area contributed by atoms with Crippen LogP contribution in [0.1, 0.15) is 54.4 Å². The molecule has 1 heterocycles. The van der Waals surface area contributed by atoms with Crippen LogP contribution in [0.25, 0.3) is 0 Å². The number of carbonyl (C=O) groups is 2. The number of nitrogens with two attached hydrogens (primary N) is 1. The summed E-state index contributed by atoms with van der Waals surface area (Å²) in [4.78, 5) is 35.5. The molecule has 1 aromatic rings. The number of amides is 1. The lowest BCUT2D eigenvalue weighted by Crippen LogP contribution is -2.43. The van der Waals surface area contributed by atoms with Gasteiger partial charge in [-0.15, -0.1) is 0 Å². The first-order chi connectivity index (χ1) is 12.9. The van der Waals surface area contributed by atoms with E-state index in [4.69, 9.17) is 10.5 Å². The Balaban J connectivity index is 1.81. The molecule has 1 amide bonds. The molecule has 0 bridgehead atoms. The molecule has 1 aliphatic heterocycles. The fraction of sp³-hybridized carbons (Fsp3) is 0.579. The van der Waals surface area contributed by atoms with Crippen LogP contribution in [0.3, 0.4) is 0 Å². The number of aryl methyl sites for hydroxylation is 1. The third kappa shape index (κ3) is 5.75. The Morgan fingerprint density at radius 2 is 2.04 bits per heavy atom. The number of hydrogen-bond donors (Lipinski definition) is 1. The number of nitrogens with zero attached hydrogens (tertiary/aromatic N) is 2. The number of nitro groups is 1. The summed E-state index contributed by atoms with van der Waals surface area (Å²) in [7, 11) is 0. The number of nitro benzene ring substituents is 1. The summed E-state index contributed by atoms with van der Waals surface area (Å²) < 4.78 is 5.57. The highest BCUT2D eigenvalue weighted by Gasteiger charge is 2.25. The summed E-state index contributed by atoms with van der Waals surface area (Å²) in [6, 6.07) is 2.84. The summed E-state index contributed by atoms with van der Waals surface area (Å²) in [6.07, 6.45) is 5.77. The number of primary amides is 1. The van der Waals surface area contributed by atoms with Gasteiger partial charge in [-0.25, -0.2) is 0 Å². The summed E-state index contributed by atoms with van der Waals surface area (Å²) >= 11 is 0. The minimum absolute atomic E-state index is 0.0184. The van der Waals surface area contributed by atoms with E-state index in [0.717, 1.165) is 50.8 Å². The van der Waals surface area contributed by atoms with Crippen LogP contribution in [0.2, 0.25) is 0 Å². The van der Waals surface area contributed by atoms with Crippen LogP contribution < -0.4 is 10.5 Å². The third-order valence-electron chi connectivity index (χ3n) is 4.85. The monoisotopic (exact) mass is 377 g/mol. The highest BCUT2D eigenvalue weighted by molar-refractivity contribution is 5.84. The Bertz CT molecular complexity index is 686. The Hall–Kier alpha value is -2.48. The SMILES string of the molecule is Cc1cc(C=O)c([N+](=O)[O-])c(OCCCCCC(C(N)=O)N2CCCC2)c1. The van der Waals surface area contributed by atoms with Crippen LogP contribution in [-0.4, -0.2) is 47.8 Å². The molecule has 1 aromatic carbocycles. The van der Waals surface area contributed by atoms with Gasteiger partial charge in [0.2, 0.25) is 5.91 Å². The average molecular weight is 377 g/mol. The molecule has 1 atom stereocenters. The third-order valence-corrected chi connectivity index (χ3v) is 4.85. The number of aldehydes is 1. The number of ether oxygens (including phenoxy) is 1. The number of benzene rings is 1. The Morgan fingerprint density at radius 1 is 1.33 bits per heavy atom. The quantitative estimate of drug-likeness (QED) is 0.274. The van der Waals surface area contributed by atoms with Gasteiger partial charge < -0.3 is 10.5 Å². The van der Waals surface area contributed by atoms with E-state index in [2.05, 4.69) is 4.90 Å². The molecule has 27 heavy (non-hydrogen) atoms. The topological polar surface area (TPSA) is 116 Å². The van der Waals surface area contributed by atoms with Crippen molar-refractivity contribution < 1.29 is 19.2 Å². The molecule has 8 nitrogen and oxygen atoms in total. The van der Waals surface area contributed by atoms with Crippen LogP contribution in [-0.2, 0) is 4.79 Å². The maximum absolute atomic E-state index is 11.6. The first-order valence-corrected chi connectivity index (χ1v) is 9.34. The summed E-state index contributed by atoms with van der Waals surface area (Å²) in [5.74, 6) is -0.154. The van der Waals surface area contributed by atoms with Crippen molar-refractivity contribution in [3.63, 3.8) is 0 Å². The standard InChI is InChI=1S/C19H27N3O5/c1-14-11-15(13-23)18(22(25)26)17(12-14)27-10-6-2-3-7-16(19(20)24)21-8-4-5-9-21/h11-13,16H,2-10H2,1H3,(H2,20,24). The smallest absolute Gasteiger partial charge is 0.321 e. The van der Waals surface area contributed by atoms with E-state index in [9.17, 15) is 19.7 Å². The molecule has 0 aromatic heterocycles. The number of unbranched alkanes of at least 4 members (excludes halogenated alkanes) is 2. The van der Waals surface area contributed by atoms with Crippen LogP contribution >= 0.6 is 0 Å². The zero-order valence-corrected chi connectivity index (χ0v) is 15.7. The molecule has 2 N–H and O–H groups in total. The lowest BCUT2D eigenvalue weighted by atomic mass is 10.1. The van der Waals surface area contributed by atoms with Crippen molar-refractivity contribution in [2.45, 2.75) is 51.5 Å². The van der Waals surface area contributed by atoms with Crippen molar-refractivity contribution in [1.29, 1.82) is 0 Å². The largest absolute Gasteiger partial charge is 0.487 e. The minimum Gasteiger partial charge on any atom is -0.487 e. The molecule has 148 valence electrons. The van der Waals surface area contributed by atoms with Crippen molar-refractivity contribution in [1.82, 2.24) is 4.90 Å². The van der Waals surface area contributed by atoms with Gasteiger partial charge in [0.1, 0.15) is 0 Å². The molecule has 1 saturated heterocycles. The molecule has 0 saturated carbocycles. The molecule has 1 unspecified atom stereocenters. The number of carbonyl (C=O) groups excluding carboxylic acids is 2. The van der Waals surface area contributed by atoms with Gasteiger partial charge >= 0.3 is 5.69 Å². The predicted molar refractivity (Wildman–Crippen MR) is 101 cm³/mol. The van der Waals surface area contributed by atoms with Crippen LogP contribution in [0.15, 0.2) is 12.1 Å². The Morgan fingerprint density at radius 3 is 2.63 bits per heavy atom. The van der Waals surface area contributed by atoms with E-state index in [1.807, 2.05) is 0 Å². The van der Waals surface area contributed by atoms with Crippen molar-refractivity contribution in [2.24, 2.45) is 5.73 Å². The minimum atomic E-state index is -0.591. The van der Waals surface area contributed by atoms with Gasteiger partial charge in [0.25, 0.3) is 0 Å². The van der Waals surface area contributed by atoms with Crippen molar-refractivity contribution >= 4 is 17.9 Å². The summed E-state index contributed by atoms with van der Waals surface area (Å²) in [5.41, 5.74) is 5.98. The van der Waals surface area contributed by atoms with Gasteiger partial charge in [-0.2, -0.15) is 0 Å². The summed E-state index contributed by atoms with van der Waals surface area (Å²) in [6.45, 7) is 3.92. The van der Waals surface area contributed by atoms with Crippen LogP contribution in [0.4, 0.5) is 5.69 Å². The Labute approximate surface area is 158 Å². The number of likely N-dealkylation sites (tertiary alicyclic amines) is 1. The fourth-order valence-electron chi connectivity index (χ4n) is 3.52. The first kappa shape index (κ1) is 20.8. The van der Waals surface area contributed by atoms with E-state index < -0.39 is 4.92 Å². The first-order valence-electron chi connectivity index (χ1n) is 9.34. The van der Waals surface area contributed by atoms with Crippen molar-refractivity contribution in [3.05, 3.63) is 33.4 Å². The van der Waals surface area contributed by atoms with Crippen molar-refractivity contribution in [3.8, 4) is 5.75 Å². The predicted octanol–water partition coefficient (Wildman–Crippen LogP) is 2.60. The van der Waals surface area contributed by atoms with Gasteiger partial charge in [-0.1, -0.05) is 6.42 Å². The second-order valence-corrected chi connectivity index (χ2v) is 6.93. The molecule has 0 spiro atoms. The highest BCUT2D eigenvalue weighted by atomic mass is 16.6. The maximum Gasteiger partial charge on any atom is 0.321 e. The molecular formula is C19H27N3O5. The van der Waals surface area contributed by atoms with Gasteiger partial charge in [-0.05, 0) is 69.8 Å². The normalized spacial score (nSPS) is 15.4.